The largest absolute Gasteiger partial charge is 0.467 e. The van der Waals surface area contributed by atoms with E-state index in [0.717, 1.165) is 0 Å². The molecule has 4 heterocycles. The van der Waals surface area contributed by atoms with Gasteiger partial charge < -0.3 is 19.4 Å². The number of amides is 1. The van der Waals surface area contributed by atoms with Gasteiger partial charge in [0.25, 0.3) is 11.5 Å². The summed E-state index contributed by atoms with van der Waals surface area (Å²) < 4.78 is 12.4. The van der Waals surface area contributed by atoms with Crippen molar-refractivity contribution in [3.05, 3.63) is 70.0 Å². The number of hydrogen-bond donors (Lipinski definition) is 1. The third kappa shape index (κ3) is 4.40. The monoisotopic (exact) mass is 433 g/mol. The van der Waals surface area contributed by atoms with Crippen LogP contribution >= 0.6 is 0 Å². The number of pyridine rings is 1. The summed E-state index contributed by atoms with van der Waals surface area (Å²) in [6, 6.07) is 10.6. The first-order chi connectivity index (χ1) is 15.5. The Labute approximate surface area is 184 Å². The Kier molecular flexibility index (Phi) is 6.05. The van der Waals surface area contributed by atoms with Crippen molar-refractivity contribution in [2.24, 2.45) is 0 Å². The van der Waals surface area contributed by atoms with Gasteiger partial charge in [-0.3, -0.25) is 14.0 Å². The number of carbonyl (C=O) groups is 1. The van der Waals surface area contributed by atoms with Crippen molar-refractivity contribution in [2.45, 2.75) is 32.6 Å². The van der Waals surface area contributed by atoms with E-state index in [-0.39, 0.29) is 35.4 Å². The van der Waals surface area contributed by atoms with E-state index in [1.807, 2.05) is 24.8 Å². The predicted octanol–water partition coefficient (Wildman–Crippen LogP) is 2.12. The molecular weight excluding hydrogens is 410 g/mol. The Morgan fingerprint density at radius 3 is 2.75 bits per heavy atom. The van der Waals surface area contributed by atoms with Crippen LogP contribution in [0.3, 0.4) is 0 Å². The van der Waals surface area contributed by atoms with Crippen LogP contribution in [0.5, 0.6) is 0 Å². The van der Waals surface area contributed by atoms with Gasteiger partial charge in [0.05, 0.1) is 30.6 Å². The molecule has 1 amide bonds. The Morgan fingerprint density at radius 1 is 1.28 bits per heavy atom. The smallest absolute Gasteiger partial charge is 0.267 e. The fraction of sp³-hybridized carbons (Fsp3) is 0.304. The van der Waals surface area contributed by atoms with Gasteiger partial charge in [-0.15, -0.1) is 0 Å². The fourth-order valence-electron chi connectivity index (χ4n) is 3.78. The first-order valence-corrected chi connectivity index (χ1v) is 10.3. The number of nitrogens with zero attached hydrogens (tertiary/aromatic N) is 4. The zero-order valence-electron chi connectivity index (χ0n) is 17.8. The van der Waals surface area contributed by atoms with Gasteiger partial charge in [-0.1, -0.05) is 6.07 Å². The van der Waals surface area contributed by atoms with Crippen LogP contribution in [0.15, 0.2) is 57.6 Å². The van der Waals surface area contributed by atoms with Gasteiger partial charge in [-0.2, -0.15) is 5.26 Å². The zero-order valence-corrected chi connectivity index (χ0v) is 17.8. The molecule has 0 radical (unpaired) electrons. The molecule has 1 fully saturated rings. The van der Waals surface area contributed by atoms with Crippen LogP contribution in [0, 0.1) is 11.3 Å². The fourth-order valence-corrected chi connectivity index (χ4v) is 3.78. The minimum absolute atomic E-state index is 0.0568. The van der Waals surface area contributed by atoms with Gasteiger partial charge in [0.1, 0.15) is 28.9 Å². The summed E-state index contributed by atoms with van der Waals surface area (Å²) in [5.74, 6) is 0.381. The molecule has 164 valence electrons. The van der Waals surface area contributed by atoms with Crippen molar-refractivity contribution in [3.63, 3.8) is 0 Å². The quantitative estimate of drug-likeness (QED) is 0.484. The number of morpholine rings is 1. The molecule has 9 heteroatoms. The third-order valence-electron chi connectivity index (χ3n) is 5.13. The molecule has 9 nitrogen and oxygen atoms in total. The molecule has 0 saturated carbocycles. The van der Waals surface area contributed by atoms with E-state index in [4.69, 9.17) is 14.1 Å². The third-order valence-corrected chi connectivity index (χ3v) is 5.13. The highest BCUT2D eigenvalue weighted by molar-refractivity contribution is 6.02. The number of ether oxygens (including phenoxy) is 1. The SMILES string of the molecule is CC1CN(c2nc3ccccn3c(=O)c2/C=C(\C#N)C(=O)NCc2ccco2)CC(C)O1. The lowest BCUT2D eigenvalue weighted by atomic mass is 10.1. The van der Waals surface area contributed by atoms with E-state index in [0.29, 0.717) is 30.3 Å². The molecule has 2 atom stereocenters. The average molecular weight is 433 g/mol. The highest BCUT2D eigenvalue weighted by atomic mass is 16.5. The summed E-state index contributed by atoms with van der Waals surface area (Å²) in [5.41, 5.74) is 0.114. The molecule has 32 heavy (non-hydrogen) atoms. The number of nitrogens with one attached hydrogen (secondary N) is 1. The van der Waals surface area contributed by atoms with Gasteiger partial charge in [0.2, 0.25) is 0 Å². The molecule has 3 aromatic heterocycles. The molecule has 2 unspecified atom stereocenters. The second-order valence-electron chi connectivity index (χ2n) is 7.68. The maximum atomic E-state index is 13.3. The maximum Gasteiger partial charge on any atom is 0.267 e. The topological polar surface area (TPSA) is 113 Å². The molecule has 1 N–H and O–H groups in total. The number of furan rings is 1. The maximum absolute atomic E-state index is 13.3. The molecule has 3 aromatic rings. The minimum Gasteiger partial charge on any atom is -0.467 e. The molecule has 0 spiro atoms. The number of fused-ring (bicyclic) bond motifs is 1. The molecular formula is C23H23N5O4. The molecule has 4 rings (SSSR count). The first kappa shape index (κ1) is 21.3. The summed E-state index contributed by atoms with van der Waals surface area (Å²) in [4.78, 5) is 32.6. The Morgan fingerprint density at radius 2 is 2.06 bits per heavy atom. The van der Waals surface area contributed by atoms with Crippen LogP contribution in [0.4, 0.5) is 5.82 Å². The lowest BCUT2D eigenvalue weighted by Gasteiger charge is -2.36. The van der Waals surface area contributed by atoms with Gasteiger partial charge in [0, 0.05) is 19.3 Å². The van der Waals surface area contributed by atoms with Crippen LogP contribution in [-0.4, -0.2) is 40.6 Å². The number of nitriles is 1. The molecule has 0 aromatic carbocycles. The zero-order chi connectivity index (χ0) is 22.7. The highest BCUT2D eigenvalue weighted by Crippen LogP contribution is 2.23. The summed E-state index contributed by atoms with van der Waals surface area (Å²) in [6.07, 6.45) is 4.31. The summed E-state index contributed by atoms with van der Waals surface area (Å²) in [5, 5.41) is 12.3. The van der Waals surface area contributed by atoms with Gasteiger partial charge in [-0.05, 0) is 44.2 Å². The van der Waals surface area contributed by atoms with E-state index in [9.17, 15) is 14.9 Å². The summed E-state index contributed by atoms with van der Waals surface area (Å²) >= 11 is 0. The van der Waals surface area contributed by atoms with Gasteiger partial charge in [-0.25, -0.2) is 4.98 Å². The van der Waals surface area contributed by atoms with Crippen molar-refractivity contribution < 1.29 is 13.9 Å². The second-order valence-corrected chi connectivity index (χ2v) is 7.68. The number of anilines is 1. The molecule has 1 saturated heterocycles. The number of aromatic nitrogens is 2. The standard InChI is InChI=1S/C23H23N5O4/c1-15-13-27(14-16(2)32-15)21-19(23(30)28-8-4-3-7-20(28)26-21)10-17(11-24)22(29)25-12-18-6-5-9-31-18/h3-10,15-16H,12-14H2,1-2H3,(H,25,29)/b17-10+. The van der Waals surface area contributed by atoms with Crippen LogP contribution in [0.2, 0.25) is 0 Å². The second kappa shape index (κ2) is 9.08. The summed E-state index contributed by atoms with van der Waals surface area (Å²) in [6.45, 7) is 5.11. The van der Waals surface area contributed by atoms with Crippen molar-refractivity contribution in [1.29, 1.82) is 5.26 Å². The predicted molar refractivity (Wildman–Crippen MR) is 118 cm³/mol. The normalized spacial score (nSPS) is 19.0. The summed E-state index contributed by atoms with van der Waals surface area (Å²) in [7, 11) is 0. The van der Waals surface area contributed by atoms with Crippen molar-refractivity contribution in [2.75, 3.05) is 18.0 Å². The van der Waals surface area contributed by atoms with Crippen LogP contribution < -0.4 is 15.8 Å². The highest BCUT2D eigenvalue weighted by Gasteiger charge is 2.27. The number of carbonyl (C=O) groups excluding carboxylic acids is 1. The molecule has 1 aliphatic heterocycles. The van der Waals surface area contributed by atoms with Crippen molar-refractivity contribution >= 4 is 23.4 Å². The number of hydrogen-bond acceptors (Lipinski definition) is 7. The van der Waals surface area contributed by atoms with E-state index < -0.39 is 5.91 Å². The van der Waals surface area contributed by atoms with Gasteiger partial charge >= 0.3 is 0 Å². The van der Waals surface area contributed by atoms with E-state index in [2.05, 4.69) is 5.32 Å². The van der Waals surface area contributed by atoms with E-state index >= 15 is 0 Å². The van der Waals surface area contributed by atoms with Gasteiger partial charge in [0.15, 0.2) is 0 Å². The average Bonchev–Trinajstić information content (AvgIpc) is 3.30. The van der Waals surface area contributed by atoms with Crippen molar-refractivity contribution in [3.8, 4) is 6.07 Å². The number of rotatable bonds is 5. The Balaban J connectivity index is 1.77. The van der Waals surface area contributed by atoms with Crippen LogP contribution in [0.25, 0.3) is 11.7 Å². The molecule has 0 aliphatic carbocycles. The van der Waals surface area contributed by atoms with E-state index in [1.54, 1.807) is 36.5 Å². The Hall–Kier alpha value is -3.90. The Bertz CT molecular complexity index is 1250. The molecule has 0 bridgehead atoms. The van der Waals surface area contributed by atoms with Crippen LogP contribution in [0.1, 0.15) is 25.2 Å². The lowest BCUT2D eigenvalue weighted by molar-refractivity contribution is -0.117. The van der Waals surface area contributed by atoms with E-state index in [1.165, 1.54) is 16.7 Å². The first-order valence-electron chi connectivity index (χ1n) is 10.3. The minimum atomic E-state index is -0.601. The molecule has 1 aliphatic rings. The lowest BCUT2D eigenvalue weighted by Crippen LogP contribution is -2.46. The van der Waals surface area contributed by atoms with Crippen molar-refractivity contribution in [1.82, 2.24) is 14.7 Å². The van der Waals surface area contributed by atoms with Crippen LogP contribution in [-0.2, 0) is 16.1 Å².